The van der Waals surface area contributed by atoms with Crippen LogP contribution in [-0.2, 0) is 11.4 Å². The largest absolute Gasteiger partial charge is 0.490 e. The van der Waals surface area contributed by atoms with Crippen LogP contribution < -0.4 is 14.8 Å². The van der Waals surface area contributed by atoms with Crippen LogP contribution in [0, 0.1) is 18.8 Å². The standard InChI is InChI=1S/C41H44N2O4/c1-28-5-4-6-35(26-28)42-40(44)34-12-10-32(11-13-34)33-14-18-36(19-15-33)46-27-31-8-16-37(17-9-31)47-38-21-23-43(24-22-38)41(45)39-20-7-29(2)25-30(39)3/h4-6,8-20,26,29-30,38H,7,21-25,27H2,1-3H3,(H,42,44)/t29?,30-/m1/s1. The van der Waals surface area contributed by atoms with Crippen LogP contribution in [0.3, 0.4) is 0 Å². The quantitative estimate of drug-likeness (QED) is 0.201. The molecule has 0 aromatic heterocycles. The minimum absolute atomic E-state index is 0.115. The third-order valence-electron chi connectivity index (χ3n) is 9.25. The summed E-state index contributed by atoms with van der Waals surface area (Å²) in [5.41, 5.74) is 6.65. The van der Waals surface area contributed by atoms with Crippen molar-refractivity contribution >= 4 is 17.5 Å². The van der Waals surface area contributed by atoms with Crippen molar-refractivity contribution in [3.8, 4) is 22.6 Å². The second kappa shape index (κ2) is 14.7. The average Bonchev–Trinajstić information content (AvgIpc) is 3.08. The molecule has 4 aromatic rings. The van der Waals surface area contributed by atoms with E-state index in [9.17, 15) is 9.59 Å². The van der Waals surface area contributed by atoms with Crippen LogP contribution in [0.1, 0.15) is 61.0 Å². The van der Waals surface area contributed by atoms with E-state index in [2.05, 4.69) is 25.2 Å². The van der Waals surface area contributed by atoms with Gasteiger partial charge < -0.3 is 19.7 Å². The molecule has 2 atom stereocenters. The maximum absolute atomic E-state index is 13.1. The van der Waals surface area contributed by atoms with Crippen LogP contribution in [0.25, 0.3) is 11.1 Å². The first-order chi connectivity index (χ1) is 22.8. The Morgan fingerprint density at radius 1 is 0.830 bits per heavy atom. The minimum atomic E-state index is -0.128. The summed E-state index contributed by atoms with van der Waals surface area (Å²) in [4.78, 5) is 27.8. The van der Waals surface area contributed by atoms with Gasteiger partial charge in [-0.3, -0.25) is 9.59 Å². The van der Waals surface area contributed by atoms with E-state index >= 15 is 0 Å². The summed E-state index contributed by atoms with van der Waals surface area (Å²) >= 11 is 0. The van der Waals surface area contributed by atoms with Gasteiger partial charge >= 0.3 is 0 Å². The van der Waals surface area contributed by atoms with E-state index in [1.807, 2.05) is 109 Å². The fourth-order valence-corrected chi connectivity index (χ4v) is 6.52. The molecule has 6 nitrogen and oxygen atoms in total. The van der Waals surface area contributed by atoms with E-state index in [0.717, 1.165) is 83.8 Å². The molecule has 1 aliphatic carbocycles. The van der Waals surface area contributed by atoms with Crippen molar-refractivity contribution in [1.29, 1.82) is 0 Å². The normalized spacial score (nSPS) is 18.3. The Morgan fingerprint density at radius 2 is 1.49 bits per heavy atom. The lowest BCUT2D eigenvalue weighted by Crippen LogP contribution is -2.43. The van der Waals surface area contributed by atoms with Gasteiger partial charge in [0.2, 0.25) is 5.91 Å². The van der Waals surface area contributed by atoms with E-state index in [1.54, 1.807) is 0 Å². The molecule has 4 aromatic carbocycles. The Bertz CT molecular complexity index is 1700. The Kier molecular flexibility index (Phi) is 10.1. The van der Waals surface area contributed by atoms with Crippen molar-refractivity contribution < 1.29 is 19.1 Å². The topological polar surface area (TPSA) is 67.9 Å². The fourth-order valence-electron chi connectivity index (χ4n) is 6.52. The highest BCUT2D eigenvalue weighted by atomic mass is 16.5. The molecule has 0 radical (unpaired) electrons. The number of carbonyl (C=O) groups is 2. The molecule has 1 saturated heterocycles. The van der Waals surface area contributed by atoms with Crippen molar-refractivity contribution in [2.75, 3.05) is 18.4 Å². The second-order valence-corrected chi connectivity index (χ2v) is 13.1. The van der Waals surface area contributed by atoms with E-state index < -0.39 is 0 Å². The number of piperidine rings is 1. The van der Waals surface area contributed by atoms with Gasteiger partial charge in [-0.15, -0.1) is 0 Å². The number of aryl methyl sites for hydroxylation is 1. The van der Waals surface area contributed by atoms with E-state index in [4.69, 9.17) is 9.47 Å². The zero-order chi connectivity index (χ0) is 32.8. The van der Waals surface area contributed by atoms with Gasteiger partial charge in [-0.25, -0.2) is 0 Å². The average molecular weight is 629 g/mol. The minimum Gasteiger partial charge on any atom is -0.490 e. The van der Waals surface area contributed by atoms with Crippen molar-refractivity contribution in [1.82, 2.24) is 4.90 Å². The Balaban J connectivity index is 0.945. The summed E-state index contributed by atoms with van der Waals surface area (Å²) in [5, 5.41) is 2.95. The van der Waals surface area contributed by atoms with E-state index in [-0.39, 0.29) is 17.9 Å². The molecular formula is C41H44N2O4. The van der Waals surface area contributed by atoms with Gasteiger partial charge in [-0.05, 0) is 102 Å². The number of rotatable bonds is 9. The van der Waals surface area contributed by atoms with Crippen LogP contribution in [0.5, 0.6) is 11.5 Å². The number of nitrogens with one attached hydrogen (secondary N) is 1. The number of likely N-dealkylation sites (tertiary alicyclic amines) is 1. The molecule has 0 saturated carbocycles. The first kappa shape index (κ1) is 32.1. The number of amides is 2. The van der Waals surface area contributed by atoms with Gasteiger partial charge in [0.15, 0.2) is 0 Å². The molecule has 2 aliphatic rings. The number of hydrogen-bond acceptors (Lipinski definition) is 4. The maximum Gasteiger partial charge on any atom is 0.255 e. The van der Waals surface area contributed by atoms with Gasteiger partial charge in [-0.2, -0.15) is 0 Å². The van der Waals surface area contributed by atoms with Gasteiger partial charge in [0.05, 0.1) is 0 Å². The Labute approximate surface area is 278 Å². The molecule has 0 spiro atoms. The first-order valence-corrected chi connectivity index (χ1v) is 16.8. The van der Waals surface area contributed by atoms with Crippen molar-refractivity contribution in [2.45, 2.75) is 59.2 Å². The molecule has 242 valence electrons. The summed E-state index contributed by atoms with van der Waals surface area (Å²) in [6.07, 6.45) is 6.08. The molecule has 1 N–H and O–H groups in total. The summed E-state index contributed by atoms with van der Waals surface area (Å²) in [7, 11) is 0. The smallest absolute Gasteiger partial charge is 0.255 e. The molecule has 47 heavy (non-hydrogen) atoms. The molecule has 0 bridgehead atoms. The highest BCUT2D eigenvalue weighted by Crippen LogP contribution is 2.31. The van der Waals surface area contributed by atoms with Crippen LogP contribution in [-0.4, -0.2) is 35.9 Å². The molecule has 1 heterocycles. The lowest BCUT2D eigenvalue weighted by Gasteiger charge is -2.35. The molecule has 6 heteroatoms. The second-order valence-electron chi connectivity index (χ2n) is 13.1. The molecular weight excluding hydrogens is 584 g/mol. The lowest BCUT2D eigenvalue weighted by molar-refractivity contribution is -0.129. The van der Waals surface area contributed by atoms with Gasteiger partial charge in [0.25, 0.3) is 5.91 Å². The zero-order valence-corrected chi connectivity index (χ0v) is 27.6. The number of anilines is 1. The molecule has 1 unspecified atom stereocenters. The highest BCUT2D eigenvalue weighted by molar-refractivity contribution is 6.04. The number of allylic oxidation sites excluding steroid dienone is 1. The first-order valence-electron chi connectivity index (χ1n) is 16.8. The van der Waals surface area contributed by atoms with Crippen molar-refractivity contribution in [3.63, 3.8) is 0 Å². The van der Waals surface area contributed by atoms with E-state index in [0.29, 0.717) is 24.0 Å². The van der Waals surface area contributed by atoms with Crippen LogP contribution >= 0.6 is 0 Å². The zero-order valence-electron chi connectivity index (χ0n) is 27.6. The third-order valence-corrected chi connectivity index (χ3v) is 9.25. The van der Waals surface area contributed by atoms with Gasteiger partial charge in [0.1, 0.15) is 24.2 Å². The molecule has 2 amide bonds. The lowest BCUT2D eigenvalue weighted by atomic mass is 9.82. The van der Waals surface area contributed by atoms with Crippen LogP contribution in [0.4, 0.5) is 5.69 Å². The van der Waals surface area contributed by atoms with Crippen LogP contribution in [0.2, 0.25) is 0 Å². The number of nitrogens with zero attached hydrogens (tertiary/aromatic N) is 1. The van der Waals surface area contributed by atoms with Gasteiger partial charge in [-0.1, -0.05) is 68.5 Å². The number of benzene rings is 4. The number of carbonyl (C=O) groups excluding carboxylic acids is 2. The molecule has 1 fully saturated rings. The highest BCUT2D eigenvalue weighted by Gasteiger charge is 2.30. The van der Waals surface area contributed by atoms with Gasteiger partial charge in [0, 0.05) is 42.8 Å². The van der Waals surface area contributed by atoms with E-state index in [1.165, 1.54) is 0 Å². The Hall–Kier alpha value is -4.84. The van der Waals surface area contributed by atoms with Crippen molar-refractivity contribution in [2.24, 2.45) is 11.8 Å². The van der Waals surface area contributed by atoms with Crippen LogP contribution in [0.15, 0.2) is 109 Å². The summed E-state index contributed by atoms with van der Waals surface area (Å²) in [6, 6.07) is 31.5. The maximum atomic E-state index is 13.1. The third kappa shape index (κ3) is 8.31. The molecule has 6 rings (SSSR count). The predicted octanol–water partition coefficient (Wildman–Crippen LogP) is 8.86. The number of ether oxygens (including phenoxy) is 2. The summed E-state index contributed by atoms with van der Waals surface area (Å²) in [5.74, 6) is 2.73. The SMILES string of the molecule is Cc1cccc(NC(=O)c2ccc(-c3ccc(OCc4ccc(OC5CCN(C(=O)C6=CCC(C)C[C@H]6C)CC5)cc4)cc3)cc2)c1. The monoisotopic (exact) mass is 628 g/mol. The summed E-state index contributed by atoms with van der Waals surface area (Å²) < 4.78 is 12.3. The molecule has 1 aliphatic heterocycles. The fraction of sp³-hybridized carbons (Fsp3) is 0.317. The summed E-state index contributed by atoms with van der Waals surface area (Å²) in [6.45, 7) is 8.38. The predicted molar refractivity (Wildman–Crippen MR) is 188 cm³/mol. The number of hydrogen-bond donors (Lipinski definition) is 1. The Morgan fingerprint density at radius 3 is 2.15 bits per heavy atom. The van der Waals surface area contributed by atoms with Crippen molar-refractivity contribution in [3.05, 3.63) is 125 Å².